The predicted molar refractivity (Wildman–Crippen MR) is 72.7 cm³/mol. The summed E-state index contributed by atoms with van der Waals surface area (Å²) >= 11 is 0. The van der Waals surface area contributed by atoms with E-state index >= 15 is 0 Å². The molecule has 1 saturated carbocycles. The van der Waals surface area contributed by atoms with Gasteiger partial charge in [0.05, 0.1) is 5.69 Å². The van der Waals surface area contributed by atoms with E-state index in [1.165, 1.54) is 43.4 Å². The van der Waals surface area contributed by atoms with E-state index in [1.807, 2.05) is 12.4 Å². The number of hydrogen-bond donors (Lipinski definition) is 1. The lowest BCUT2D eigenvalue weighted by atomic mass is 9.75. The molecule has 1 saturated heterocycles. The van der Waals surface area contributed by atoms with Gasteiger partial charge in [0.25, 0.3) is 0 Å². The average Bonchev–Trinajstić information content (AvgIpc) is 2.73. The maximum absolute atomic E-state index is 5.53. The zero-order valence-corrected chi connectivity index (χ0v) is 11.1. The fourth-order valence-corrected chi connectivity index (χ4v) is 3.58. The van der Waals surface area contributed by atoms with Crippen molar-refractivity contribution in [1.82, 2.24) is 4.98 Å². The summed E-state index contributed by atoms with van der Waals surface area (Å²) in [5.74, 6) is 0. The number of aryl methyl sites for hydroxylation is 1. The van der Waals surface area contributed by atoms with E-state index in [0.29, 0.717) is 11.5 Å². The molecule has 3 rings (SSSR count). The molecule has 1 aliphatic carbocycles. The molecular weight excluding hydrogens is 224 g/mol. The van der Waals surface area contributed by atoms with E-state index in [4.69, 9.17) is 4.74 Å². The molecule has 1 aromatic rings. The van der Waals surface area contributed by atoms with Crippen LogP contribution in [0.2, 0.25) is 0 Å². The molecule has 0 aromatic carbocycles. The first-order chi connectivity index (χ1) is 8.78. The van der Waals surface area contributed by atoms with E-state index in [0.717, 1.165) is 13.2 Å². The van der Waals surface area contributed by atoms with Crippen LogP contribution in [0.3, 0.4) is 0 Å². The summed E-state index contributed by atoms with van der Waals surface area (Å²) < 4.78 is 5.53. The van der Waals surface area contributed by atoms with Crippen molar-refractivity contribution >= 4 is 5.69 Å². The number of anilines is 1. The van der Waals surface area contributed by atoms with Crippen molar-refractivity contribution in [2.24, 2.45) is 5.41 Å². The first-order valence-electron chi connectivity index (χ1n) is 7.04. The van der Waals surface area contributed by atoms with Crippen LogP contribution in [-0.2, 0) is 4.74 Å². The third-order valence-corrected chi connectivity index (χ3v) is 4.61. The van der Waals surface area contributed by atoms with Crippen LogP contribution in [0.25, 0.3) is 0 Å². The molecule has 1 spiro atoms. The van der Waals surface area contributed by atoms with Gasteiger partial charge >= 0.3 is 0 Å². The lowest BCUT2D eigenvalue weighted by Crippen LogP contribution is -2.40. The van der Waals surface area contributed by atoms with Crippen molar-refractivity contribution in [2.45, 2.75) is 45.1 Å². The van der Waals surface area contributed by atoms with Crippen LogP contribution in [0.15, 0.2) is 18.5 Å². The standard InChI is InChI=1S/C15H22N2O/c1-12-9-13(11-16-10-12)17-14-3-2-4-15(14)5-7-18-8-6-15/h9-11,14,17H,2-8H2,1H3. The highest BCUT2D eigenvalue weighted by atomic mass is 16.5. The van der Waals surface area contributed by atoms with Gasteiger partial charge in [-0.2, -0.15) is 0 Å². The zero-order valence-electron chi connectivity index (χ0n) is 11.1. The van der Waals surface area contributed by atoms with Crippen LogP contribution in [-0.4, -0.2) is 24.2 Å². The molecule has 1 unspecified atom stereocenters. The first kappa shape index (κ1) is 12.0. The summed E-state index contributed by atoms with van der Waals surface area (Å²) in [6.07, 6.45) is 10.3. The number of aromatic nitrogens is 1. The van der Waals surface area contributed by atoms with Crippen LogP contribution in [0, 0.1) is 12.3 Å². The van der Waals surface area contributed by atoms with E-state index in [-0.39, 0.29) is 0 Å². The second kappa shape index (κ2) is 4.88. The molecule has 1 N–H and O–H groups in total. The van der Waals surface area contributed by atoms with Crippen LogP contribution >= 0.6 is 0 Å². The average molecular weight is 246 g/mol. The van der Waals surface area contributed by atoms with Crippen molar-refractivity contribution in [3.63, 3.8) is 0 Å². The van der Waals surface area contributed by atoms with Crippen LogP contribution in [0.4, 0.5) is 5.69 Å². The van der Waals surface area contributed by atoms with E-state index in [9.17, 15) is 0 Å². The lowest BCUT2D eigenvalue weighted by molar-refractivity contribution is 0.0134. The van der Waals surface area contributed by atoms with Gasteiger partial charge in [0.15, 0.2) is 0 Å². The molecular formula is C15H22N2O. The summed E-state index contributed by atoms with van der Waals surface area (Å²) in [5.41, 5.74) is 2.87. The summed E-state index contributed by atoms with van der Waals surface area (Å²) in [5, 5.41) is 3.72. The van der Waals surface area contributed by atoms with Gasteiger partial charge in [0.2, 0.25) is 0 Å². The van der Waals surface area contributed by atoms with Gasteiger partial charge in [-0.05, 0) is 49.7 Å². The van der Waals surface area contributed by atoms with Gasteiger partial charge in [-0.3, -0.25) is 4.98 Å². The van der Waals surface area contributed by atoms with Crippen LogP contribution in [0.1, 0.15) is 37.7 Å². The molecule has 3 heteroatoms. The Morgan fingerprint density at radius 1 is 1.28 bits per heavy atom. The summed E-state index contributed by atoms with van der Waals surface area (Å²) in [6, 6.07) is 2.79. The molecule has 1 atom stereocenters. The highest BCUT2D eigenvalue weighted by Gasteiger charge is 2.43. The smallest absolute Gasteiger partial charge is 0.0531 e. The second-order valence-corrected chi connectivity index (χ2v) is 5.81. The second-order valence-electron chi connectivity index (χ2n) is 5.81. The molecule has 98 valence electrons. The largest absolute Gasteiger partial charge is 0.381 e. The Balaban J connectivity index is 1.75. The molecule has 2 fully saturated rings. The maximum atomic E-state index is 5.53. The number of ether oxygens (including phenoxy) is 1. The number of hydrogen-bond acceptors (Lipinski definition) is 3. The van der Waals surface area contributed by atoms with Crippen molar-refractivity contribution in [3.8, 4) is 0 Å². The van der Waals surface area contributed by atoms with Gasteiger partial charge in [-0.1, -0.05) is 6.42 Å². The SMILES string of the molecule is Cc1cncc(NC2CCCC23CCOCC3)c1. The topological polar surface area (TPSA) is 34.2 Å². The molecule has 1 aromatic heterocycles. The Hall–Kier alpha value is -1.09. The Morgan fingerprint density at radius 3 is 2.89 bits per heavy atom. The Kier molecular flexibility index (Phi) is 3.25. The van der Waals surface area contributed by atoms with Crippen molar-refractivity contribution in [2.75, 3.05) is 18.5 Å². The van der Waals surface area contributed by atoms with Gasteiger partial charge in [0, 0.05) is 31.6 Å². The molecule has 18 heavy (non-hydrogen) atoms. The number of nitrogens with zero attached hydrogens (tertiary/aromatic N) is 1. The number of pyridine rings is 1. The molecule has 1 aliphatic heterocycles. The quantitative estimate of drug-likeness (QED) is 0.870. The monoisotopic (exact) mass is 246 g/mol. The minimum atomic E-state index is 0.474. The first-order valence-corrected chi connectivity index (χ1v) is 7.04. The molecule has 0 amide bonds. The van der Waals surface area contributed by atoms with E-state index in [2.05, 4.69) is 23.3 Å². The van der Waals surface area contributed by atoms with Crippen molar-refractivity contribution in [1.29, 1.82) is 0 Å². The molecule has 2 heterocycles. The molecule has 2 aliphatic rings. The fraction of sp³-hybridized carbons (Fsp3) is 0.667. The van der Waals surface area contributed by atoms with E-state index in [1.54, 1.807) is 0 Å². The van der Waals surface area contributed by atoms with Gasteiger partial charge in [-0.15, -0.1) is 0 Å². The summed E-state index contributed by atoms with van der Waals surface area (Å²) in [4.78, 5) is 4.27. The zero-order chi connectivity index (χ0) is 12.4. The minimum absolute atomic E-state index is 0.474. The highest BCUT2D eigenvalue weighted by molar-refractivity contribution is 5.44. The molecule has 0 bridgehead atoms. The Labute approximate surface area is 109 Å². The molecule has 0 radical (unpaired) electrons. The fourth-order valence-electron chi connectivity index (χ4n) is 3.58. The summed E-state index contributed by atoms with van der Waals surface area (Å²) in [6.45, 7) is 3.96. The summed E-state index contributed by atoms with van der Waals surface area (Å²) in [7, 11) is 0. The van der Waals surface area contributed by atoms with Crippen molar-refractivity contribution < 1.29 is 4.74 Å². The van der Waals surface area contributed by atoms with E-state index < -0.39 is 0 Å². The maximum Gasteiger partial charge on any atom is 0.0531 e. The minimum Gasteiger partial charge on any atom is -0.381 e. The highest BCUT2D eigenvalue weighted by Crippen LogP contribution is 2.47. The normalized spacial score (nSPS) is 26.4. The Morgan fingerprint density at radius 2 is 2.11 bits per heavy atom. The Bertz CT molecular complexity index is 413. The van der Waals surface area contributed by atoms with Crippen LogP contribution < -0.4 is 5.32 Å². The van der Waals surface area contributed by atoms with Gasteiger partial charge in [0.1, 0.15) is 0 Å². The van der Waals surface area contributed by atoms with Crippen molar-refractivity contribution in [3.05, 3.63) is 24.0 Å². The molecule has 3 nitrogen and oxygen atoms in total. The third-order valence-electron chi connectivity index (χ3n) is 4.61. The third kappa shape index (κ3) is 2.24. The van der Waals surface area contributed by atoms with Gasteiger partial charge in [-0.25, -0.2) is 0 Å². The number of nitrogens with one attached hydrogen (secondary N) is 1. The van der Waals surface area contributed by atoms with Gasteiger partial charge < -0.3 is 10.1 Å². The van der Waals surface area contributed by atoms with Crippen LogP contribution in [0.5, 0.6) is 0 Å². The lowest BCUT2D eigenvalue weighted by Gasteiger charge is -2.39. The number of rotatable bonds is 2. The predicted octanol–water partition coefficient (Wildman–Crippen LogP) is 3.15.